The summed E-state index contributed by atoms with van der Waals surface area (Å²) in [5.74, 6) is 0. The predicted molar refractivity (Wildman–Crippen MR) is 50.7 cm³/mol. The maximum atomic E-state index is 5.17. The van der Waals surface area contributed by atoms with Gasteiger partial charge in [-0.3, -0.25) is 0 Å². The molecule has 0 fully saturated rings. The van der Waals surface area contributed by atoms with Crippen molar-refractivity contribution < 1.29 is 60.9 Å². The fraction of sp³-hybridized carbons (Fsp3) is 1.00. The molecule has 0 aromatic heterocycles. The first-order valence-electron chi connectivity index (χ1n) is 4.20. The summed E-state index contributed by atoms with van der Waals surface area (Å²) >= 11 is 0. The Morgan fingerprint density at radius 2 is 1.77 bits per heavy atom. The minimum Gasteiger partial charge on any atom is -0.655 e. The Morgan fingerprint density at radius 3 is 2.08 bits per heavy atom. The van der Waals surface area contributed by atoms with Crippen molar-refractivity contribution in [3.8, 4) is 0 Å². The van der Waals surface area contributed by atoms with Gasteiger partial charge < -0.3 is 14.8 Å². The maximum absolute atomic E-state index is 5.17. The molecule has 1 atom stereocenters. The zero-order valence-electron chi connectivity index (χ0n) is 9.76. The SMILES string of the molecule is COCC(C[N-]C(C)(C)C)OC.[K+]. The van der Waals surface area contributed by atoms with Crippen LogP contribution in [0.25, 0.3) is 5.32 Å². The molecule has 0 heterocycles. The van der Waals surface area contributed by atoms with Crippen LogP contribution in [0.5, 0.6) is 0 Å². The Morgan fingerprint density at radius 1 is 1.23 bits per heavy atom. The quantitative estimate of drug-likeness (QED) is 0.539. The smallest absolute Gasteiger partial charge is 0.655 e. The van der Waals surface area contributed by atoms with Gasteiger partial charge in [0.2, 0.25) is 0 Å². The molecule has 0 aromatic carbocycles. The second-order valence-electron chi connectivity index (χ2n) is 3.82. The van der Waals surface area contributed by atoms with Gasteiger partial charge in [0.1, 0.15) is 0 Å². The van der Waals surface area contributed by atoms with E-state index in [9.17, 15) is 0 Å². The van der Waals surface area contributed by atoms with Crippen LogP contribution in [0.4, 0.5) is 0 Å². The van der Waals surface area contributed by atoms with Gasteiger partial charge in [-0.05, 0) is 0 Å². The number of nitrogens with zero attached hydrogens (tertiary/aromatic N) is 1. The van der Waals surface area contributed by atoms with Gasteiger partial charge >= 0.3 is 51.4 Å². The molecule has 4 heteroatoms. The van der Waals surface area contributed by atoms with Gasteiger partial charge in [0.05, 0.1) is 12.7 Å². The minimum atomic E-state index is 0. The molecule has 0 aromatic rings. The first-order valence-corrected chi connectivity index (χ1v) is 4.20. The molecule has 0 aliphatic heterocycles. The van der Waals surface area contributed by atoms with Crippen molar-refractivity contribution in [1.82, 2.24) is 0 Å². The Hall–Kier alpha value is 1.52. The molecule has 13 heavy (non-hydrogen) atoms. The van der Waals surface area contributed by atoms with Gasteiger partial charge in [0.15, 0.2) is 0 Å². The number of methoxy groups -OCH3 is 2. The van der Waals surface area contributed by atoms with E-state index < -0.39 is 0 Å². The molecule has 0 radical (unpaired) electrons. The molecule has 74 valence electrons. The summed E-state index contributed by atoms with van der Waals surface area (Å²) in [6.07, 6.45) is 0.0919. The van der Waals surface area contributed by atoms with Crippen LogP contribution in [0, 0.1) is 0 Å². The Balaban J connectivity index is 0. The molecule has 0 bridgehead atoms. The second-order valence-corrected chi connectivity index (χ2v) is 3.82. The third-order valence-corrected chi connectivity index (χ3v) is 1.46. The third kappa shape index (κ3) is 11.4. The van der Waals surface area contributed by atoms with E-state index in [4.69, 9.17) is 9.47 Å². The van der Waals surface area contributed by atoms with E-state index in [1.54, 1.807) is 14.2 Å². The predicted octanol–water partition coefficient (Wildman–Crippen LogP) is -1.18. The van der Waals surface area contributed by atoms with Crippen molar-refractivity contribution in [1.29, 1.82) is 0 Å². The van der Waals surface area contributed by atoms with Crippen LogP contribution < -0.4 is 51.4 Å². The first-order chi connectivity index (χ1) is 5.49. The summed E-state index contributed by atoms with van der Waals surface area (Å²) in [5.41, 5.74) is 0.0184. The zero-order valence-corrected chi connectivity index (χ0v) is 12.9. The van der Waals surface area contributed by atoms with Crippen molar-refractivity contribution in [3.63, 3.8) is 0 Å². The fourth-order valence-corrected chi connectivity index (χ4v) is 0.757. The van der Waals surface area contributed by atoms with Gasteiger partial charge in [0.25, 0.3) is 0 Å². The normalized spacial score (nSPS) is 13.6. The molecule has 1 unspecified atom stereocenters. The van der Waals surface area contributed by atoms with Crippen molar-refractivity contribution in [2.45, 2.75) is 32.4 Å². The molecule has 0 saturated heterocycles. The van der Waals surface area contributed by atoms with Crippen LogP contribution in [0.1, 0.15) is 20.8 Å². The third-order valence-electron chi connectivity index (χ3n) is 1.46. The Kier molecular flexibility index (Phi) is 11.5. The molecule has 0 aliphatic rings. The molecule has 3 nitrogen and oxygen atoms in total. The summed E-state index contributed by atoms with van der Waals surface area (Å²) in [6.45, 7) is 7.54. The summed E-state index contributed by atoms with van der Waals surface area (Å²) in [7, 11) is 3.35. The van der Waals surface area contributed by atoms with Crippen LogP contribution >= 0.6 is 0 Å². The molecular formula is C9H20KNO2. The summed E-state index contributed by atoms with van der Waals surface area (Å²) in [5, 5.41) is 4.44. The van der Waals surface area contributed by atoms with Crippen LogP contribution in [0.15, 0.2) is 0 Å². The van der Waals surface area contributed by atoms with E-state index in [1.807, 2.05) is 0 Å². The number of hydrogen-bond acceptors (Lipinski definition) is 2. The molecule has 0 saturated carbocycles. The van der Waals surface area contributed by atoms with E-state index in [2.05, 4.69) is 26.1 Å². The molecule has 0 rings (SSSR count). The van der Waals surface area contributed by atoms with Gasteiger partial charge in [-0.15, -0.1) is 12.1 Å². The average molecular weight is 213 g/mol. The van der Waals surface area contributed by atoms with Gasteiger partial charge in [0, 0.05) is 14.2 Å². The molecule has 0 N–H and O–H groups in total. The standard InChI is InChI=1S/C9H20NO2.K/c1-9(2,3)10-6-8(12-5)7-11-4;/h8H,6-7H2,1-5H3;/q-1;+1. The monoisotopic (exact) mass is 213 g/mol. The van der Waals surface area contributed by atoms with Crippen LogP contribution in [0.3, 0.4) is 0 Å². The summed E-state index contributed by atoms with van der Waals surface area (Å²) < 4.78 is 10.1. The van der Waals surface area contributed by atoms with E-state index >= 15 is 0 Å². The topological polar surface area (TPSA) is 32.6 Å². The first kappa shape index (κ1) is 16.9. The van der Waals surface area contributed by atoms with E-state index in [1.165, 1.54) is 0 Å². The van der Waals surface area contributed by atoms with Crippen molar-refractivity contribution >= 4 is 0 Å². The van der Waals surface area contributed by atoms with Gasteiger partial charge in [-0.25, -0.2) is 0 Å². The fourth-order valence-electron chi connectivity index (χ4n) is 0.757. The molecular weight excluding hydrogens is 193 g/mol. The molecule has 0 amide bonds. The number of ether oxygens (including phenoxy) is 2. The minimum absolute atomic E-state index is 0. The Bertz CT molecular complexity index is 115. The maximum Gasteiger partial charge on any atom is 1.00 e. The Labute approximate surface area is 124 Å². The van der Waals surface area contributed by atoms with Crippen LogP contribution in [-0.4, -0.2) is 39.0 Å². The molecule has 0 aliphatic carbocycles. The van der Waals surface area contributed by atoms with Crippen molar-refractivity contribution in [2.75, 3.05) is 27.4 Å². The van der Waals surface area contributed by atoms with E-state index in [0.717, 1.165) is 0 Å². The number of hydrogen-bond donors (Lipinski definition) is 0. The van der Waals surface area contributed by atoms with Gasteiger partial charge in [-0.2, -0.15) is 0 Å². The second kappa shape index (κ2) is 8.80. The summed E-state index contributed by atoms with van der Waals surface area (Å²) in [6, 6.07) is 0. The van der Waals surface area contributed by atoms with Crippen LogP contribution in [0.2, 0.25) is 0 Å². The van der Waals surface area contributed by atoms with Crippen molar-refractivity contribution in [2.24, 2.45) is 0 Å². The van der Waals surface area contributed by atoms with Gasteiger partial charge in [-0.1, -0.05) is 20.8 Å². The largest absolute Gasteiger partial charge is 1.00 e. The van der Waals surface area contributed by atoms with E-state index in [-0.39, 0.29) is 63.0 Å². The molecule has 0 spiro atoms. The average Bonchev–Trinajstić information content (AvgIpc) is 1.96. The van der Waals surface area contributed by atoms with E-state index in [0.29, 0.717) is 13.2 Å². The van der Waals surface area contributed by atoms with Crippen LogP contribution in [-0.2, 0) is 9.47 Å². The van der Waals surface area contributed by atoms with Crippen molar-refractivity contribution in [3.05, 3.63) is 5.32 Å². The zero-order chi connectivity index (χ0) is 9.61. The number of rotatable bonds is 5. The summed E-state index contributed by atoms with van der Waals surface area (Å²) in [4.78, 5) is 0.